The highest BCUT2D eigenvalue weighted by Gasteiger charge is 2.31. The lowest BCUT2D eigenvalue weighted by Crippen LogP contribution is -2.49. The number of rotatable bonds is 6. The van der Waals surface area contributed by atoms with Crippen molar-refractivity contribution in [3.05, 3.63) is 81.4 Å². The molecule has 2 amide bonds. The topological polar surface area (TPSA) is 92.6 Å². The van der Waals surface area contributed by atoms with Gasteiger partial charge in [0.1, 0.15) is 6.04 Å². The Labute approximate surface area is 175 Å². The number of amides is 2. The Morgan fingerprint density at radius 2 is 1.97 bits per heavy atom. The third-order valence-corrected chi connectivity index (χ3v) is 5.08. The number of carbonyl (C=O) groups is 2. The second-order valence-electron chi connectivity index (χ2n) is 7.44. The molecule has 1 heterocycles. The Balaban J connectivity index is 1.93. The van der Waals surface area contributed by atoms with E-state index in [0.29, 0.717) is 13.0 Å². The molecule has 0 aliphatic carbocycles. The molecule has 2 aromatic rings. The molecular formula is C23H25N3O4. The minimum atomic E-state index is -0.613. The van der Waals surface area contributed by atoms with E-state index < -0.39 is 11.0 Å². The summed E-state index contributed by atoms with van der Waals surface area (Å²) < 4.78 is 0. The van der Waals surface area contributed by atoms with E-state index in [1.807, 2.05) is 43.3 Å². The lowest BCUT2D eigenvalue weighted by Gasteiger charge is -2.30. The number of nitrogens with one attached hydrogen (secondary N) is 1. The summed E-state index contributed by atoms with van der Waals surface area (Å²) in [6.07, 6.45) is 4.22. The highest BCUT2D eigenvalue weighted by Crippen LogP contribution is 2.21. The summed E-state index contributed by atoms with van der Waals surface area (Å²) in [5.74, 6) is -0.569. The molecule has 0 radical (unpaired) electrons. The molecule has 0 bridgehead atoms. The molecule has 156 valence electrons. The molecule has 1 unspecified atom stereocenters. The highest BCUT2D eigenvalue weighted by molar-refractivity contribution is 5.98. The van der Waals surface area contributed by atoms with Gasteiger partial charge in [0.25, 0.3) is 11.6 Å². The summed E-state index contributed by atoms with van der Waals surface area (Å²) in [5, 5.41) is 14.0. The van der Waals surface area contributed by atoms with E-state index in [4.69, 9.17) is 0 Å². The van der Waals surface area contributed by atoms with Crippen LogP contribution >= 0.6 is 0 Å². The quantitative estimate of drug-likeness (QED) is 0.582. The molecule has 0 saturated carbocycles. The molecule has 7 nitrogen and oxygen atoms in total. The third kappa shape index (κ3) is 5.31. The van der Waals surface area contributed by atoms with E-state index in [1.165, 1.54) is 23.1 Å². The van der Waals surface area contributed by atoms with E-state index in [1.54, 1.807) is 6.07 Å². The molecule has 1 aliphatic heterocycles. The Morgan fingerprint density at radius 1 is 1.20 bits per heavy atom. The largest absolute Gasteiger partial charge is 0.354 e. The van der Waals surface area contributed by atoms with Crippen LogP contribution in [0.15, 0.2) is 60.2 Å². The Kier molecular flexibility index (Phi) is 6.95. The second kappa shape index (κ2) is 9.82. The molecule has 1 fully saturated rings. The van der Waals surface area contributed by atoms with E-state index >= 15 is 0 Å². The van der Waals surface area contributed by atoms with Crippen LogP contribution in [0.25, 0.3) is 6.08 Å². The first-order valence-corrected chi connectivity index (χ1v) is 10.0. The summed E-state index contributed by atoms with van der Waals surface area (Å²) in [7, 11) is 0. The van der Waals surface area contributed by atoms with Crippen molar-refractivity contribution < 1.29 is 14.5 Å². The van der Waals surface area contributed by atoms with Crippen LogP contribution in [0.4, 0.5) is 5.69 Å². The minimum absolute atomic E-state index is 0.150. The zero-order chi connectivity index (χ0) is 21.5. The fraction of sp³-hybridized carbons (Fsp3) is 0.304. The Morgan fingerprint density at radius 3 is 2.70 bits per heavy atom. The molecule has 30 heavy (non-hydrogen) atoms. The smallest absolute Gasteiger partial charge is 0.270 e. The van der Waals surface area contributed by atoms with Crippen molar-refractivity contribution in [1.82, 2.24) is 10.2 Å². The van der Waals surface area contributed by atoms with Crippen LogP contribution in [0, 0.1) is 10.1 Å². The van der Waals surface area contributed by atoms with Crippen molar-refractivity contribution in [2.24, 2.45) is 0 Å². The maximum Gasteiger partial charge on any atom is 0.270 e. The van der Waals surface area contributed by atoms with Gasteiger partial charge in [-0.2, -0.15) is 0 Å². The van der Waals surface area contributed by atoms with Crippen molar-refractivity contribution in [3.8, 4) is 0 Å². The Bertz CT molecular complexity index is 956. The van der Waals surface area contributed by atoms with E-state index in [-0.39, 0.29) is 29.6 Å². The number of hydrogen-bond acceptors (Lipinski definition) is 4. The lowest BCUT2D eigenvalue weighted by atomic mass is 10.0. The molecule has 0 aromatic heterocycles. The van der Waals surface area contributed by atoms with Crippen molar-refractivity contribution in [2.75, 3.05) is 13.1 Å². The zero-order valence-electron chi connectivity index (χ0n) is 16.9. The van der Waals surface area contributed by atoms with Crippen LogP contribution in [0.5, 0.6) is 0 Å². The maximum absolute atomic E-state index is 13.4. The van der Waals surface area contributed by atoms with Gasteiger partial charge in [0.05, 0.1) is 4.92 Å². The summed E-state index contributed by atoms with van der Waals surface area (Å²) in [6, 6.07) is 14.8. The minimum Gasteiger partial charge on any atom is -0.354 e. The van der Waals surface area contributed by atoms with Crippen LogP contribution in [0.3, 0.4) is 0 Å². The SMILES string of the molecule is C/C(=C\c1ccccc1)CN(C(=O)c1cccc([N+](=O)[O-])c1)C1CCCCNC1=O. The van der Waals surface area contributed by atoms with Gasteiger partial charge >= 0.3 is 0 Å². The second-order valence-corrected chi connectivity index (χ2v) is 7.44. The first-order valence-electron chi connectivity index (χ1n) is 10.0. The lowest BCUT2D eigenvalue weighted by molar-refractivity contribution is -0.384. The predicted molar refractivity (Wildman–Crippen MR) is 115 cm³/mol. The molecule has 2 aromatic carbocycles. The molecule has 7 heteroatoms. The van der Waals surface area contributed by atoms with Gasteiger partial charge in [-0.3, -0.25) is 19.7 Å². The van der Waals surface area contributed by atoms with Crippen LogP contribution < -0.4 is 5.32 Å². The van der Waals surface area contributed by atoms with Crippen LogP contribution in [-0.2, 0) is 4.79 Å². The Hall–Kier alpha value is -3.48. The van der Waals surface area contributed by atoms with Gasteiger partial charge < -0.3 is 10.2 Å². The summed E-state index contributed by atoms with van der Waals surface area (Å²) in [6.45, 7) is 2.76. The van der Waals surface area contributed by atoms with Crippen molar-refractivity contribution in [1.29, 1.82) is 0 Å². The first-order chi connectivity index (χ1) is 14.5. The zero-order valence-corrected chi connectivity index (χ0v) is 16.9. The molecule has 3 rings (SSSR count). The van der Waals surface area contributed by atoms with Gasteiger partial charge in [-0.1, -0.05) is 48.0 Å². The first kappa shape index (κ1) is 21.2. The number of nitrogens with zero attached hydrogens (tertiary/aromatic N) is 2. The summed E-state index contributed by atoms with van der Waals surface area (Å²) in [4.78, 5) is 38.2. The highest BCUT2D eigenvalue weighted by atomic mass is 16.6. The third-order valence-electron chi connectivity index (χ3n) is 5.08. The number of carbonyl (C=O) groups excluding carboxylic acids is 2. The fourth-order valence-corrected chi connectivity index (χ4v) is 3.61. The van der Waals surface area contributed by atoms with Gasteiger partial charge in [-0.25, -0.2) is 0 Å². The van der Waals surface area contributed by atoms with Crippen molar-refractivity contribution >= 4 is 23.6 Å². The normalized spacial score (nSPS) is 17.0. The van der Waals surface area contributed by atoms with Gasteiger partial charge in [0, 0.05) is 30.8 Å². The molecule has 1 atom stereocenters. The standard InChI is InChI=1S/C23H25N3O4/c1-17(14-18-8-3-2-4-9-18)16-25(21-12-5-6-13-24-22(21)27)23(28)19-10-7-11-20(15-19)26(29)30/h2-4,7-11,14-15,21H,5-6,12-13,16H2,1H3,(H,24,27)/b17-14+. The molecule has 1 saturated heterocycles. The van der Waals surface area contributed by atoms with Crippen molar-refractivity contribution in [3.63, 3.8) is 0 Å². The van der Waals surface area contributed by atoms with Gasteiger partial charge in [0.15, 0.2) is 0 Å². The number of nitro groups is 1. The average molecular weight is 407 g/mol. The average Bonchev–Trinajstić information content (AvgIpc) is 2.96. The van der Waals surface area contributed by atoms with Gasteiger partial charge in [-0.15, -0.1) is 0 Å². The molecule has 1 N–H and O–H groups in total. The number of benzene rings is 2. The monoisotopic (exact) mass is 407 g/mol. The molecule has 1 aliphatic rings. The van der Waals surface area contributed by atoms with Gasteiger partial charge in [-0.05, 0) is 37.8 Å². The van der Waals surface area contributed by atoms with Crippen LogP contribution in [0.1, 0.15) is 42.1 Å². The fourth-order valence-electron chi connectivity index (χ4n) is 3.61. The summed E-state index contributed by atoms with van der Waals surface area (Å²) >= 11 is 0. The van der Waals surface area contributed by atoms with Crippen LogP contribution in [-0.4, -0.2) is 40.8 Å². The molecule has 0 spiro atoms. The van der Waals surface area contributed by atoms with Crippen molar-refractivity contribution in [2.45, 2.75) is 32.2 Å². The summed E-state index contributed by atoms with van der Waals surface area (Å²) in [5.41, 5.74) is 1.97. The predicted octanol–water partition coefficient (Wildman–Crippen LogP) is 3.81. The molecular weight excluding hydrogens is 382 g/mol. The van der Waals surface area contributed by atoms with E-state index in [2.05, 4.69) is 5.32 Å². The van der Waals surface area contributed by atoms with Crippen LogP contribution in [0.2, 0.25) is 0 Å². The number of hydrogen-bond donors (Lipinski definition) is 1. The van der Waals surface area contributed by atoms with E-state index in [0.717, 1.165) is 24.0 Å². The number of non-ortho nitro benzene ring substituents is 1. The van der Waals surface area contributed by atoms with Gasteiger partial charge in [0.2, 0.25) is 5.91 Å². The van der Waals surface area contributed by atoms with E-state index in [9.17, 15) is 19.7 Å². The maximum atomic E-state index is 13.4. The number of nitro benzene ring substituents is 1.